The molecule has 3 rings (SSSR count). The second-order valence-corrected chi connectivity index (χ2v) is 6.34. The third-order valence-corrected chi connectivity index (χ3v) is 4.78. The molecule has 2 amide bonds. The Balaban J connectivity index is 1.56. The van der Waals surface area contributed by atoms with Gasteiger partial charge in [0.1, 0.15) is 6.54 Å². The fraction of sp³-hybridized carbons (Fsp3) is 0.389. The van der Waals surface area contributed by atoms with Gasteiger partial charge in [0.25, 0.3) is 5.91 Å². The number of benzene rings is 1. The van der Waals surface area contributed by atoms with Gasteiger partial charge >= 0.3 is 5.97 Å². The molecule has 126 valence electrons. The molecule has 0 bridgehead atoms. The van der Waals surface area contributed by atoms with Crippen LogP contribution < -0.4 is 5.32 Å². The third kappa shape index (κ3) is 3.04. The van der Waals surface area contributed by atoms with Gasteiger partial charge in [-0.1, -0.05) is 24.8 Å². The van der Waals surface area contributed by atoms with E-state index >= 15 is 0 Å². The zero-order chi connectivity index (χ0) is 17.3. The highest BCUT2D eigenvalue weighted by molar-refractivity contribution is 6.10. The van der Waals surface area contributed by atoms with Crippen LogP contribution in [0.25, 0.3) is 5.70 Å². The molecule has 2 aliphatic rings. The quantitative estimate of drug-likeness (QED) is 0.883. The van der Waals surface area contributed by atoms with Crippen LogP contribution in [0, 0.1) is 5.92 Å². The Morgan fingerprint density at radius 2 is 1.79 bits per heavy atom. The van der Waals surface area contributed by atoms with E-state index < -0.39 is 5.97 Å². The lowest BCUT2D eigenvalue weighted by Gasteiger charge is -2.27. The second kappa shape index (κ2) is 6.47. The maximum absolute atomic E-state index is 12.4. The predicted octanol–water partition coefficient (Wildman–Crippen LogP) is 1.87. The molecule has 0 atom stereocenters. The van der Waals surface area contributed by atoms with Crippen LogP contribution in [0.15, 0.2) is 30.8 Å². The Kier molecular flexibility index (Phi) is 4.38. The molecule has 1 saturated carbocycles. The van der Waals surface area contributed by atoms with Gasteiger partial charge in [0.2, 0.25) is 5.91 Å². The van der Waals surface area contributed by atoms with Gasteiger partial charge in [-0.3, -0.25) is 19.3 Å². The van der Waals surface area contributed by atoms with Gasteiger partial charge in [-0.05, 0) is 31.7 Å². The first kappa shape index (κ1) is 16.2. The van der Waals surface area contributed by atoms with Crippen molar-refractivity contribution in [2.45, 2.75) is 31.7 Å². The summed E-state index contributed by atoms with van der Waals surface area (Å²) in [6.45, 7) is 3.85. The van der Waals surface area contributed by atoms with Crippen molar-refractivity contribution < 1.29 is 19.5 Å². The summed E-state index contributed by atoms with van der Waals surface area (Å²) in [5, 5.41) is 11.9. The molecule has 0 radical (unpaired) electrons. The number of fused-ring (bicyclic) bond motifs is 1. The van der Waals surface area contributed by atoms with E-state index in [4.69, 9.17) is 5.11 Å². The molecule has 0 saturated heterocycles. The number of carbonyl (C=O) groups excluding carboxylic acids is 2. The van der Waals surface area contributed by atoms with Crippen LogP contribution in [-0.2, 0) is 9.59 Å². The summed E-state index contributed by atoms with van der Waals surface area (Å²) in [4.78, 5) is 37.0. The molecular weight excluding hydrogens is 308 g/mol. The predicted molar refractivity (Wildman–Crippen MR) is 88.0 cm³/mol. The molecule has 1 aromatic carbocycles. The summed E-state index contributed by atoms with van der Waals surface area (Å²) < 4.78 is 0. The van der Waals surface area contributed by atoms with Crippen LogP contribution in [0.2, 0.25) is 0 Å². The lowest BCUT2D eigenvalue weighted by molar-refractivity contribution is -0.142. The van der Waals surface area contributed by atoms with E-state index in [1.165, 1.54) is 4.90 Å². The van der Waals surface area contributed by atoms with Crippen LogP contribution in [0.1, 0.15) is 41.6 Å². The van der Waals surface area contributed by atoms with Gasteiger partial charge in [0.05, 0.1) is 5.92 Å². The van der Waals surface area contributed by atoms with Crippen molar-refractivity contribution in [1.82, 2.24) is 10.2 Å². The third-order valence-electron chi connectivity index (χ3n) is 4.78. The highest BCUT2D eigenvalue weighted by Crippen LogP contribution is 2.31. The number of nitrogens with one attached hydrogen (secondary N) is 1. The van der Waals surface area contributed by atoms with Crippen LogP contribution in [-0.4, -0.2) is 40.4 Å². The Morgan fingerprint density at radius 1 is 1.17 bits per heavy atom. The Hall–Kier alpha value is -2.63. The molecule has 1 fully saturated rings. The van der Waals surface area contributed by atoms with Crippen molar-refractivity contribution >= 4 is 23.5 Å². The first-order valence-corrected chi connectivity index (χ1v) is 8.09. The number of hydrogen-bond acceptors (Lipinski definition) is 3. The van der Waals surface area contributed by atoms with Crippen molar-refractivity contribution in [2.75, 3.05) is 6.54 Å². The molecule has 2 N–H and O–H groups in total. The number of nitrogens with zero attached hydrogens (tertiary/aromatic N) is 1. The Labute approximate surface area is 140 Å². The van der Waals surface area contributed by atoms with Crippen molar-refractivity contribution in [1.29, 1.82) is 0 Å². The minimum absolute atomic E-state index is 0.0264. The van der Waals surface area contributed by atoms with E-state index in [0.717, 1.165) is 5.56 Å². The van der Waals surface area contributed by atoms with Gasteiger partial charge in [-0.2, -0.15) is 0 Å². The number of carboxylic acid groups (broad SMARTS) is 1. The minimum atomic E-state index is -0.767. The van der Waals surface area contributed by atoms with Crippen LogP contribution >= 0.6 is 0 Å². The standard InChI is InChI=1S/C18H20N2O4/c1-11-14-4-2-3-5-15(14)17(22)20(11)10-16(21)19-13-8-6-12(7-9-13)18(23)24/h2-5,12-13H,1,6-10H2,(H,19,21)(H,23,24). The van der Waals surface area contributed by atoms with Crippen molar-refractivity contribution in [3.8, 4) is 0 Å². The van der Waals surface area contributed by atoms with Crippen LogP contribution in [0.4, 0.5) is 0 Å². The zero-order valence-corrected chi connectivity index (χ0v) is 13.3. The lowest BCUT2D eigenvalue weighted by Crippen LogP contribution is -2.43. The molecule has 1 aliphatic heterocycles. The summed E-state index contributed by atoms with van der Waals surface area (Å²) >= 11 is 0. The molecule has 1 aromatic rings. The normalized spacial score (nSPS) is 23.1. The molecule has 0 aromatic heterocycles. The van der Waals surface area contributed by atoms with Gasteiger partial charge < -0.3 is 10.4 Å². The number of rotatable bonds is 4. The topological polar surface area (TPSA) is 86.7 Å². The number of amides is 2. The van der Waals surface area contributed by atoms with Gasteiger partial charge in [0, 0.05) is 22.9 Å². The van der Waals surface area contributed by atoms with Gasteiger partial charge in [-0.15, -0.1) is 0 Å². The van der Waals surface area contributed by atoms with Crippen molar-refractivity contribution in [3.63, 3.8) is 0 Å². The number of carbonyl (C=O) groups is 3. The molecule has 1 heterocycles. The minimum Gasteiger partial charge on any atom is -0.481 e. The van der Waals surface area contributed by atoms with Crippen molar-refractivity contribution in [3.05, 3.63) is 42.0 Å². The highest BCUT2D eigenvalue weighted by Gasteiger charge is 2.33. The summed E-state index contributed by atoms with van der Waals surface area (Å²) in [7, 11) is 0. The zero-order valence-electron chi connectivity index (χ0n) is 13.3. The average Bonchev–Trinajstić information content (AvgIpc) is 2.81. The largest absolute Gasteiger partial charge is 0.481 e. The maximum atomic E-state index is 12.4. The Morgan fingerprint density at radius 3 is 2.38 bits per heavy atom. The smallest absolute Gasteiger partial charge is 0.306 e. The number of carboxylic acids is 1. The first-order valence-electron chi connectivity index (χ1n) is 8.09. The van der Waals surface area contributed by atoms with E-state index in [9.17, 15) is 14.4 Å². The lowest BCUT2D eigenvalue weighted by atomic mass is 9.86. The fourth-order valence-electron chi connectivity index (χ4n) is 3.40. The summed E-state index contributed by atoms with van der Waals surface area (Å²) in [6.07, 6.45) is 2.44. The molecular formula is C18H20N2O4. The van der Waals surface area contributed by atoms with E-state index in [1.807, 2.05) is 12.1 Å². The molecule has 0 spiro atoms. The number of hydrogen-bond donors (Lipinski definition) is 2. The van der Waals surface area contributed by atoms with E-state index in [1.54, 1.807) is 12.1 Å². The Bertz CT molecular complexity index is 670. The second-order valence-electron chi connectivity index (χ2n) is 6.34. The molecule has 1 aliphatic carbocycles. The highest BCUT2D eigenvalue weighted by atomic mass is 16.4. The van der Waals surface area contributed by atoms with E-state index in [0.29, 0.717) is 36.9 Å². The van der Waals surface area contributed by atoms with Gasteiger partial charge in [-0.25, -0.2) is 0 Å². The monoisotopic (exact) mass is 328 g/mol. The van der Waals surface area contributed by atoms with E-state index in [-0.39, 0.29) is 30.3 Å². The number of aliphatic carboxylic acids is 1. The summed E-state index contributed by atoms with van der Waals surface area (Å²) in [5.74, 6) is -1.53. The van der Waals surface area contributed by atoms with Crippen LogP contribution in [0.3, 0.4) is 0 Å². The molecule has 24 heavy (non-hydrogen) atoms. The molecule has 6 nitrogen and oxygen atoms in total. The fourth-order valence-corrected chi connectivity index (χ4v) is 3.40. The van der Waals surface area contributed by atoms with Crippen molar-refractivity contribution in [2.24, 2.45) is 5.92 Å². The molecule has 6 heteroatoms. The molecule has 0 unspecified atom stereocenters. The first-order chi connectivity index (χ1) is 11.5. The summed E-state index contributed by atoms with van der Waals surface area (Å²) in [5.41, 5.74) is 1.87. The van der Waals surface area contributed by atoms with Crippen LogP contribution in [0.5, 0.6) is 0 Å². The SMILES string of the molecule is C=C1c2ccccc2C(=O)N1CC(=O)NC1CCC(C(=O)O)CC1. The maximum Gasteiger partial charge on any atom is 0.306 e. The van der Waals surface area contributed by atoms with Gasteiger partial charge in [0.15, 0.2) is 0 Å². The average molecular weight is 328 g/mol. The van der Waals surface area contributed by atoms with E-state index in [2.05, 4.69) is 11.9 Å². The summed E-state index contributed by atoms with van der Waals surface area (Å²) in [6, 6.07) is 7.15.